The van der Waals surface area contributed by atoms with Crippen molar-refractivity contribution in [2.45, 2.75) is 27.2 Å². The Kier molecular flexibility index (Phi) is 6.26. The van der Waals surface area contributed by atoms with Gasteiger partial charge in [-0.1, -0.05) is 49.7 Å². The van der Waals surface area contributed by atoms with Crippen LogP contribution in [0.25, 0.3) is 0 Å². The van der Waals surface area contributed by atoms with Gasteiger partial charge in [0.25, 0.3) is 11.8 Å². The van der Waals surface area contributed by atoms with E-state index in [2.05, 4.69) is 24.5 Å². The number of hydrogen-bond donors (Lipinski definition) is 2. The molecule has 3 rings (SSSR count). The Bertz CT molecular complexity index is 960. The molecule has 0 unspecified atom stereocenters. The molecule has 0 aliphatic carbocycles. The van der Waals surface area contributed by atoms with Gasteiger partial charge in [0.15, 0.2) is 0 Å². The number of carbonyl (C=O) groups is 2. The van der Waals surface area contributed by atoms with Crippen LogP contribution in [-0.2, 0) is 6.42 Å². The normalized spacial score (nSPS) is 10.7. The molecule has 0 saturated heterocycles. The maximum absolute atomic E-state index is 13.0. The van der Waals surface area contributed by atoms with E-state index in [9.17, 15) is 9.59 Å². The summed E-state index contributed by atoms with van der Waals surface area (Å²) in [5.74, 6) is -0.0229. The Morgan fingerprint density at radius 2 is 1.61 bits per heavy atom. The van der Waals surface area contributed by atoms with E-state index in [1.807, 2.05) is 54.8 Å². The molecule has 28 heavy (non-hydrogen) atoms. The molecule has 0 atom stereocenters. The van der Waals surface area contributed by atoms with Gasteiger partial charge in [0.05, 0.1) is 5.56 Å². The predicted molar refractivity (Wildman–Crippen MR) is 116 cm³/mol. The predicted octanol–water partition coefficient (Wildman–Crippen LogP) is 5.76. The van der Waals surface area contributed by atoms with Crippen LogP contribution < -0.4 is 10.6 Å². The maximum Gasteiger partial charge on any atom is 0.258 e. The van der Waals surface area contributed by atoms with Crippen molar-refractivity contribution < 1.29 is 9.59 Å². The molecule has 0 radical (unpaired) electrons. The third-order valence-electron chi connectivity index (χ3n) is 4.29. The van der Waals surface area contributed by atoms with Gasteiger partial charge in [0.2, 0.25) is 0 Å². The molecule has 0 spiro atoms. The number of amides is 2. The van der Waals surface area contributed by atoms with Gasteiger partial charge in [-0.15, -0.1) is 11.3 Å². The van der Waals surface area contributed by atoms with Crippen molar-refractivity contribution in [3.63, 3.8) is 0 Å². The molecular formula is C23H24N2O2S. The highest BCUT2D eigenvalue weighted by atomic mass is 32.1. The van der Waals surface area contributed by atoms with Crippen molar-refractivity contribution in [3.05, 3.63) is 82.2 Å². The summed E-state index contributed by atoms with van der Waals surface area (Å²) in [6.45, 7) is 6.23. The molecule has 0 bridgehead atoms. The first kappa shape index (κ1) is 19.8. The second kappa shape index (κ2) is 8.85. The molecule has 2 N–H and O–H groups in total. The molecular weight excluding hydrogens is 368 g/mol. The molecule has 5 heteroatoms. The lowest BCUT2D eigenvalue weighted by molar-refractivity contribution is 0.102. The fraction of sp³-hybridized carbons (Fsp3) is 0.217. The van der Waals surface area contributed by atoms with Crippen LogP contribution in [0, 0.1) is 12.8 Å². The quantitative estimate of drug-likeness (QED) is 0.560. The Balaban J connectivity index is 1.88. The zero-order valence-electron chi connectivity index (χ0n) is 16.3. The lowest BCUT2D eigenvalue weighted by atomic mass is 10.0. The summed E-state index contributed by atoms with van der Waals surface area (Å²) in [6, 6.07) is 16.7. The van der Waals surface area contributed by atoms with E-state index in [1.54, 1.807) is 12.1 Å². The van der Waals surface area contributed by atoms with E-state index in [4.69, 9.17) is 0 Å². The number of aryl methyl sites for hydroxylation is 1. The second-order valence-corrected chi connectivity index (χ2v) is 8.08. The van der Waals surface area contributed by atoms with Gasteiger partial charge in [-0.2, -0.15) is 0 Å². The number of nitrogens with one attached hydrogen (secondary N) is 2. The SMILES string of the molecule is Cc1ccc(NC(=O)c2c(CC(C)C)csc2NC(=O)c2ccccc2)cc1. The summed E-state index contributed by atoms with van der Waals surface area (Å²) in [5, 5.41) is 8.41. The van der Waals surface area contributed by atoms with Crippen LogP contribution in [-0.4, -0.2) is 11.8 Å². The van der Waals surface area contributed by atoms with Crippen molar-refractivity contribution in [2.75, 3.05) is 10.6 Å². The van der Waals surface area contributed by atoms with Crippen LogP contribution in [0.4, 0.5) is 10.7 Å². The Morgan fingerprint density at radius 3 is 2.25 bits per heavy atom. The fourth-order valence-corrected chi connectivity index (χ4v) is 3.89. The third-order valence-corrected chi connectivity index (χ3v) is 5.24. The van der Waals surface area contributed by atoms with Crippen molar-refractivity contribution in [3.8, 4) is 0 Å². The molecule has 0 saturated carbocycles. The van der Waals surface area contributed by atoms with Gasteiger partial charge in [-0.3, -0.25) is 9.59 Å². The first-order valence-corrected chi connectivity index (χ1v) is 10.2. The lowest BCUT2D eigenvalue weighted by Gasteiger charge is -2.11. The summed E-state index contributed by atoms with van der Waals surface area (Å²) in [4.78, 5) is 25.6. The Hall–Kier alpha value is -2.92. The molecule has 0 aliphatic heterocycles. The first-order chi connectivity index (χ1) is 13.4. The summed E-state index contributed by atoms with van der Waals surface area (Å²) < 4.78 is 0. The number of thiophene rings is 1. The second-order valence-electron chi connectivity index (χ2n) is 7.20. The van der Waals surface area contributed by atoms with Crippen LogP contribution >= 0.6 is 11.3 Å². The Labute approximate surface area is 169 Å². The Morgan fingerprint density at radius 1 is 0.929 bits per heavy atom. The van der Waals surface area contributed by atoms with Gasteiger partial charge in [-0.05, 0) is 54.5 Å². The molecule has 2 aromatic carbocycles. The molecule has 144 valence electrons. The summed E-state index contributed by atoms with van der Waals surface area (Å²) in [7, 11) is 0. The van der Waals surface area contributed by atoms with E-state index in [0.29, 0.717) is 22.0 Å². The van der Waals surface area contributed by atoms with Gasteiger partial charge in [-0.25, -0.2) is 0 Å². The number of anilines is 2. The monoisotopic (exact) mass is 392 g/mol. The molecule has 0 fully saturated rings. The van der Waals surface area contributed by atoms with E-state index < -0.39 is 0 Å². The van der Waals surface area contributed by atoms with E-state index in [1.165, 1.54) is 11.3 Å². The van der Waals surface area contributed by atoms with E-state index in [-0.39, 0.29) is 11.8 Å². The smallest absolute Gasteiger partial charge is 0.258 e. The van der Waals surface area contributed by atoms with Gasteiger partial charge < -0.3 is 10.6 Å². The molecule has 0 aliphatic rings. The minimum absolute atomic E-state index is 0.205. The van der Waals surface area contributed by atoms with Gasteiger partial charge >= 0.3 is 0 Å². The minimum Gasteiger partial charge on any atom is -0.322 e. The van der Waals surface area contributed by atoms with Crippen LogP contribution in [0.5, 0.6) is 0 Å². The van der Waals surface area contributed by atoms with Crippen molar-refractivity contribution in [2.24, 2.45) is 5.92 Å². The zero-order valence-corrected chi connectivity index (χ0v) is 17.1. The highest BCUT2D eigenvalue weighted by molar-refractivity contribution is 7.15. The maximum atomic E-state index is 13.0. The van der Waals surface area contributed by atoms with Crippen LogP contribution in [0.15, 0.2) is 60.0 Å². The van der Waals surface area contributed by atoms with Crippen molar-refractivity contribution >= 4 is 33.8 Å². The van der Waals surface area contributed by atoms with E-state index in [0.717, 1.165) is 23.2 Å². The third kappa shape index (κ3) is 4.87. The zero-order chi connectivity index (χ0) is 20.1. The summed E-state index contributed by atoms with van der Waals surface area (Å²) in [5.41, 5.74) is 3.92. The minimum atomic E-state index is -0.220. The molecule has 3 aromatic rings. The van der Waals surface area contributed by atoms with Crippen LogP contribution in [0.3, 0.4) is 0 Å². The number of rotatable bonds is 6. The first-order valence-electron chi connectivity index (χ1n) is 9.29. The fourth-order valence-electron chi connectivity index (χ4n) is 2.92. The standard InChI is InChI=1S/C23H24N2O2S/c1-15(2)13-18-14-28-23(25-21(26)17-7-5-4-6-8-17)20(18)22(27)24-19-11-9-16(3)10-12-19/h4-12,14-15H,13H2,1-3H3,(H,24,27)(H,25,26). The highest BCUT2D eigenvalue weighted by Gasteiger charge is 2.21. The topological polar surface area (TPSA) is 58.2 Å². The lowest BCUT2D eigenvalue weighted by Crippen LogP contribution is -2.18. The van der Waals surface area contributed by atoms with Gasteiger partial charge in [0, 0.05) is 11.3 Å². The van der Waals surface area contributed by atoms with E-state index >= 15 is 0 Å². The molecule has 1 heterocycles. The van der Waals surface area contributed by atoms with Gasteiger partial charge in [0.1, 0.15) is 5.00 Å². The summed E-state index contributed by atoms with van der Waals surface area (Å²) >= 11 is 1.39. The van der Waals surface area contributed by atoms with Crippen LogP contribution in [0.1, 0.15) is 45.7 Å². The number of hydrogen-bond acceptors (Lipinski definition) is 3. The van der Waals surface area contributed by atoms with Crippen LogP contribution in [0.2, 0.25) is 0 Å². The molecule has 4 nitrogen and oxygen atoms in total. The van der Waals surface area contributed by atoms with Crippen molar-refractivity contribution in [1.29, 1.82) is 0 Å². The highest BCUT2D eigenvalue weighted by Crippen LogP contribution is 2.31. The number of carbonyl (C=O) groups excluding carboxylic acids is 2. The summed E-state index contributed by atoms with van der Waals surface area (Å²) in [6.07, 6.45) is 0.772. The average molecular weight is 393 g/mol. The average Bonchev–Trinajstić information content (AvgIpc) is 3.05. The largest absolute Gasteiger partial charge is 0.322 e. The number of benzene rings is 2. The van der Waals surface area contributed by atoms with Crippen molar-refractivity contribution in [1.82, 2.24) is 0 Å². The molecule has 1 aromatic heterocycles. The molecule has 2 amide bonds.